The predicted molar refractivity (Wildman–Crippen MR) is 103 cm³/mol. The first-order chi connectivity index (χ1) is 12.3. The van der Waals surface area contributed by atoms with Gasteiger partial charge in [-0.3, -0.25) is 0 Å². The normalized spacial score (nSPS) is 10.6. The number of thiophene rings is 1. The van der Waals surface area contributed by atoms with Gasteiger partial charge < -0.3 is 14.8 Å². The van der Waals surface area contributed by atoms with E-state index in [-0.39, 0.29) is 0 Å². The Hall–Kier alpha value is -2.30. The molecule has 0 fully saturated rings. The second-order valence-corrected chi connectivity index (χ2v) is 6.94. The first-order valence-corrected chi connectivity index (χ1v) is 9.21. The Morgan fingerprint density at radius 1 is 0.960 bits per heavy atom. The molecule has 0 amide bonds. The van der Waals surface area contributed by atoms with Crippen molar-refractivity contribution in [3.05, 3.63) is 81.5 Å². The van der Waals surface area contributed by atoms with Crippen molar-refractivity contribution in [3.8, 4) is 11.5 Å². The maximum absolute atomic E-state index is 6.11. The van der Waals surface area contributed by atoms with Gasteiger partial charge in [0.15, 0.2) is 11.5 Å². The van der Waals surface area contributed by atoms with Crippen LogP contribution in [-0.4, -0.2) is 7.11 Å². The van der Waals surface area contributed by atoms with Crippen LogP contribution in [-0.2, 0) is 19.7 Å². The van der Waals surface area contributed by atoms with Crippen LogP contribution in [0.4, 0.5) is 0 Å². The van der Waals surface area contributed by atoms with E-state index < -0.39 is 0 Å². The van der Waals surface area contributed by atoms with E-state index in [2.05, 4.69) is 60.1 Å². The van der Waals surface area contributed by atoms with E-state index in [0.717, 1.165) is 35.7 Å². The van der Waals surface area contributed by atoms with Gasteiger partial charge in [0, 0.05) is 23.5 Å². The molecule has 0 saturated heterocycles. The van der Waals surface area contributed by atoms with Gasteiger partial charge >= 0.3 is 0 Å². The Morgan fingerprint density at radius 3 is 2.52 bits per heavy atom. The fourth-order valence-corrected chi connectivity index (χ4v) is 3.27. The summed E-state index contributed by atoms with van der Waals surface area (Å²) in [6, 6.07) is 18.6. The topological polar surface area (TPSA) is 30.5 Å². The molecule has 0 bridgehead atoms. The minimum atomic E-state index is 0.526. The van der Waals surface area contributed by atoms with Crippen LogP contribution < -0.4 is 14.8 Å². The van der Waals surface area contributed by atoms with E-state index in [1.165, 1.54) is 10.4 Å². The van der Waals surface area contributed by atoms with Gasteiger partial charge in [0.25, 0.3) is 0 Å². The fraction of sp³-hybridized carbons (Fsp3) is 0.238. The molecule has 1 aromatic heterocycles. The highest BCUT2D eigenvalue weighted by molar-refractivity contribution is 7.09. The van der Waals surface area contributed by atoms with Crippen molar-refractivity contribution in [2.75, 3.05) is 7.11 Å². The lowest BCUT2D eigenvalue weighted by Crippen LogP contribution is -2.13. The Kier molecular flexibility index (Phi) is 6.09. The second kappa shape index (κ2) is 8.70. The fourth-order valence-electron chi connectivity index (χ4n) is 2.60. The molecule has 1 heterocycles. The summed E-state index contributed by atoms with van der Waals surface area (Å²) in [5.74, 6) is 1.58. The Morgan fingerprint density at radius 2 is 1.80 bits per heavy atom. The van der Waals surface area contributed by atoms with E-state index in [0.29, 0.717) is 6.61 Å². The van der Waals surface area contributed by atoms with Gasteiger partial charge in [-0.1, -0.05) is 48.0 Å². The van der Waals surface area contributed by atoms with E-state index in [1.54, 1.807) is 18.4 Å². The number of ether oxygens (including phenoxy) is 2. The molecule has 0 aliphatic rings. The number of hydrogen-bond donors (Lipinski definition) is 1. The van der Waals surface area contributed by atoms with Crippen LogP contribution in [0.2, 0.25) is 0 Å². The van der Waals surface area contributed by atoms with Crippen LogP contribution in [0.25, 0.3) is 0 Å². The molecule has 4 heteroatoms. The molecule has 3 nitrogen and oxygen atoms in total. The number of nitrogens with one attached hydrogen (secondary N) is 1. The van der Waals surface area contributed by atoms with Crippen LogP contribution >= 0.6 is 11.3 Å². The Bertz CT molecular complexity index is 782. The van der Waals surface area contributed by atoms with Crippen molar-refractivity contribution in [2.24, 2.45) is 0 Å². The SMILES string of the molecule is COc1cccc(CNCc2cccs2)c1OCc1ccc(C)cc1. The molecule has 3 rings (SSSR count). The molecule has 0 aliphatic heterocycles. The molecule has 0 atom stereocenters. The lowest BCUT2D eigenvalue weighted by atomic mass is 10.1. The number of rotatable bonds is 8. The molecule has 1 N–H and O–H groups in total. The van der Waals surface area contributed by atoms with Crippen molar-refractivity contribution in [2.45, 2.75) is 26.6 Å². The molecule has 25 heavy (non-hydrogen) atoms. The summed E-state index contributed by atoms with van der Waals surface area (Å²) in [6.45, 7) is 4.20. The van der Waals surface area contributed by atoms with Crippen molar-refractivity contribution in [1.82, 2.24) is 5.32 Å². The van der Waals surface area contributed by atoms with E-state index >= 15 is 0 Å². The number of methoxy groups -OCH3 is 1. The molecule has 2 aromatic carbocycles. The van der Waals surface area contributed by atoms with Crippen LogP contribution in [0.3, 0.4) is 0 Å². The van der Waals surface area contributed by atoms with Crippen molar-refractivity contribution < 1.29 is 9.47 Å². The molecular weight excluding hydrogens is 330 g/mol. The van der Waals surface area contributed by atoms with Crippen molar-refractivity contribution >= 4 is 11.3 Å². The third-order valence-electron chi connectivity index (χ3n) is 3.98. The van der Waals surface area contributed by atoms with E-state index in [1.807, 2.05) is 12.1 Å². The quantitative estimate of drug-likeness (QED) is 0.622. The molecule has 0 saturated carbocycles. The van der Waals surface area contributed by atoms with Gasteiger partial charge in [0.05, 0.1) is 7.11 Å². The van der Waals surface area contributed by atoms with Gasteiger partial charge in [0.1, 0.15) is 6.61 Å². The maximum Gasteiger partial charge on any atom is 0.166 e. The molecule has 0 unspecified atom stereocenters. The molecule has 0 spiro atoms. The molecule has 130 valence electrons. The lowest BCUT2D eigenvalue weighted by Gasteiger charge is -2.15. The second-order valence-electron chi connectivity index (χ2n) is 5.91. The van der Waals surface area contributed by atoms with Crippen LogP contribution in [0.15, 0.2) is 60.0 Å². The summed E-state index contributed by atoms with van der Waals surface area (Å²) in [4.78, 5) is 1.32. The van der Waals surface area contributed by atoms with Crippen molar-refractivity contribution in [3.63, 3.8) is 0 Å². The Balaban J connectivity index is 1.68. The minimum Gasteiger partial charge on any atom is -0.493 e. The highest BCUT2D eigenvalue weighted by atomic mass is 32.1. The smallest absolute Gasteiger partial charge is 0.166 e. The van der Waals surface area contributed by atoms with Crippen LogP contribution in [0.5, 0.6) is 11.5 Å². The highest BCUT2D eigenvalue weighted by Crippen LogP contribution is 2.32. The average Bonchev–Trinajstić information content (AvgIpc) is 3.15. The van der Waals surface area contributed by atoms with Gasteiger partial charge in [-0.2, -0.15) is 0 Å². The zero-order chi connectivity index (χ0) is 17.5. The number of aryl methyl sites for hydroxylation is 1. The minimum absolute atomic E-state index is 0.526. The molecule has 0 radical (unpaired) electrons. The summed E-state index contributed by atoms with van der Waals surface area (Å²) in [6.07, 6.45) is 0. The highest BCUT2D eigenvalue weighted by Gasteiger charge is 2.11. The van der Waals surface area contributed by atoms with E-state index in [9.17, 15) is 0 Å². The summed E-state index contributed by atoms with van der Waals surface area (Å²) < 4.78 is 11.6. The maximum atomic E-state index is 6.11. The average molecular weight is 353 g/mol. The summed E-state index contributed by atoms with van der Waals surface area (Å²) in [7, 11) is 1.68. The van der Waals surface area contributed by atoms with E-state index in [4.69, 9.17) is 9.47 Å². The number of hydrogen-bond acceptors (Lipinski definition) is 4. The standard InChI is InChI=1S/C21H23NO2S/c1-16-8-10-17(11-9-16)15-24-21-18(5-3-7-20(21)23-2)13-22-14-19-6-4-12-25-19/h3-12,22H,13-15H2,1-2H3. The molecule has 0 aliphatic carbocycles. The lowest BCUT2D eigenvalue weighted by molar-refractivity contribution is 0.280. The largest absolute Gasteiger partial charge is 0.493 e. The van der Waals surface area contributed by atoms with Gasteiger partial charge in [0.2, 0.25) is 0 Å². The number of benzene rings is 2. The zero-order valence-electron chi connectivity index (χ0n) is 14.6. The third-order valence-corrected chi connectivity index (χ3v) is 4.86. The monoisotopic (exact) mass is 353 g/mol. The summed E-state index contributed by atoms with van der Waals surface area (Å²) in [5.41, 5.74) is 3.50. The third kappa shape index (κ3) is 4.84. The van der Waals surface area contributed by atoms with Crippen LogP contribution in [0.1, 0.15) is 21.6 Å². The molecular formula is C21H23NO2S. The predicted octanol–water partition coefficient (Wildman–Crippen LogP) is 4.93. The van der Waals surface area contributed by atoms with Crippen molar-refractivity contribution in [1.29, 1.82) is 0 Å². The first kappa shape index (κ1) is 17.5. The zero-order valence-corrected chi connectivity index (χ0v) is 15.4. The van der Waals surface area contributed by atoms with Gasteiger partial charge in [-0.05, 0) is 30.0 Å². The van der Waals surface area contributed by atoms with Gasteiger partial charge in [-0.15, -0.1) is 11.3 Å². The van der Waals surface area contributed by atoms with Gasteiger partial charge in [-0.25, -0.2) is 0 Å². The van der Waals surface area contributed by atoms with Crippen LogP contribution in [0, 0.1) is 6.92 Å². The first-order valence-electron chi connectivity index (χ1n) is 8.33. The Labute approximate surface area is 153 Å². The summed E-state index contributed by atoms with van der Waals surface area (Å²) in [5, 5.41) is 5.57. The number of para-hydroxylation sites is 1. The molecule has 3 aromatic rings. The summed E-state index contributed by atoms with van der Waals surface area (Å²) >= 11 is 1.76.